The summed E-state index contributed by atoms with van der Waals surface area (Å²) < 4.78 is 1.61. The van der Waals surface area contributed by atoms with Gasteiger partial charge in [-0.25, -0.2) is 9.78 Å². The lowest BCUT2D eigenvalue weighted by Crippen LogP contribution is -2.54. The van der Waals surface area contributed by atoms with Gasteiger partial charge in [0.2, 0.25) is 0 Å². The highest BCUT2D eigenvalue weighted by Crippen LogP contribution is 2.22. The third-order valence-electron chi connectivity index (χ3n) is 4.65. The van der Waals surface area contributed by atoms with Gasteiger partial charge in [-0.15, -0.1) is 5.10 Å². The van der Waals surface area contributed by atoms with Gasteiger partial charge in [0.05, 0.1) is 12.3 Å². The summed E-state index contributed by atoms with van der Waals surface area (Å²) in [5.74, 6) is -0.732. The van der Waals surface area contributed by atoms with Crippen LogP contribution >= 0.6 is 0 Å². The van der Waals surface area contributed by atoms with Crippen LogP contribution in [0.3, 0.4) is 0 Å². The Labute approximate surface area is 159 Å². The molecule has 4 rings (SSSR count). The fourth-order valence-corrected chi connectivity index (χ4v) is 3.21. The zero-order valence-corrected chi connectivity index (χ0v) is 15.0. The minimum atomic E-state index is -1.49. The molecule has 1 aromatic carbocycles. The van der Waals surface area contributed by atoms with Crippen molar-refractivity contribution in [1.82, 2.24) is 25.5 Å². The second-order valence-corrected chi connectivity index (χ2v) is 6.49. The van der Waals surface area contributed by atoms with Crippen LogP contribution in [0.5, 0.6) is 0 Å². The molecular weight excluding hydrogens is 362 g/mol. The summed E-state index contributed by atoms with van der Waals surface area (Å²) in [5.41, 5.74) is 0.323. The van der Waals surface area contributed by atoms with Crippen molar-refractivity contribution in [3.05, 3.63) is 54.1 Å². The molecule has 1 fully saturated rings. The maximum absolute atomic E-state index is 12.6. The van der Waals surface area contributed by atoms with Crippen LogP contribution in [0, 0.1) is 0 Å². The molecule has 2 aromatic rings. The summed E-state index contributed by atoms with van der Waals surface area (Å²) >= 11 is 0. The predicted octanol–water partition coefficient (Wildman–Crippen LogP) is -0.180. The topological polar surface area (TPSA) is 130 Å². The van der Waals surface area contributed by atoms with E-state index in [2.05, 4.69) is 31.1 Å². The zero-order valence-electron chi connectivity index (χ0n) is 15.0. The number of imidazole rings is 1. The van der Waals surface area contributed by atoms with Crippen LogP contribution in [0.25, 0.3) is 0 Å². The summed E-state index contributed by atoms with van der Waals surface area (Å²) in [7, 11) is 1.70. The third kappa shape index (κ3) is 2.94. The van der Waals surface area contributed by atoms with Crippen molar-refractivity contribution in [2.45, 2.75) is 12.0 Å². The number of aromatic nitrogens is 2. The molecule has 2 aliphatic rings. The molecule has 2 aliphatic heterocycles. The van der Waals surface area contributed by atoms with E-state index in [0.29, 0.717) is 11.5 Å². The normalized spacial score (nSPS) is 21.0. The second kappa shape index (κ2) is 6.72. The van der Waals surface area contributed by atoms with Crippen molar-refractivity contribution in [3.63, 3.8) is 0 Å². The lowest BCUT2D eigenvalue weighted by atomic mass is 9.98. The number of amides is 4. The third-order valence-corrected chi connectivity index (χ3v) is 4.65. The van der Waals surface area contributed by atoms with Crippen molar-refractivity contribution in [1.29, 1.82) is 0 Å². The Morgan fingerprint density at radius 3 is 2.68 bits per heavy atom. The maximum Gasteiger partial charge on any atom is 0.322 e. The number of rotatable bonds is 5. The van der Waals surface area contributed by atoms with Gasteiger partial charge < -0.3 is 15.2 Å². The molecule has 0 spiro atoms. The van der Waals surface area contributed by atoms with E-state index in [1.807, 2.05) is 30.3 Å². The van der Waals surface area contributed by atoms with E-state index < -0.39 is 23.4 Å². The van der Waals surface area contributed by atoms with E-state index in [0.717, 1.165) is 5.56 Å². The molecule has 0 radical (unpaired) electrons. The molecule has 4 amide bonds. The number of carbonyl (C=O) groups is 3. The first kappa shape index (κ1) is 17.6. The summed E-state index contributed by atoms with van der Waals surface area (Å²) in [4.78, 5) is 41.0. The van der Waals surface area contributed by atoms with Gasteiger partial charge in [0.1, 0.15) is 11.5 Å². The highest BCUT2D eigenvalue weighted by Gasteiger charge is 2.51. The van der Waals surface area contributed by atoms with Gasteiger partial charge in [-0.3, -0.25) is 14.9 Å². The van der Waals surface area contributed by atoms with Crippen LogP contribution in [0.1, 0.15) is 17.8 Å². The highest BCUT2D eigenvalue weighted by atomic mass is 16.2. The standard InChI is InChI=1S/C18H17N7O3/c1-25-8-7-19-15(25)18(16(27)21-17(28)22-18)10-20-14(26)13-9-12(23-24-13)11-5-3-2-4-6-11/h2-8H,9-10H2,1H3,(H,20,26)(H2,21,22,27,28). The molecule has 10 heteroatoms. The Morgan fingerprint density at radius 1 is 1.25 bits per heavy atom. The molecule has 0 bridgehead atoms. The molecule has 142 valence electrons. The molecule has 1 unspecified atom stereocenters. The Morgan fingerprint density at radius 2 is 2.04 bits per heavy atom. The number of benzene rings is 1. The first-order valence-electron chi connectivity index (χ1n) is 8.58. The van der Waals surface area contributed by atoms with Crippen LogP contribution in [0.4, 0.5) is 4.79 Å². The fraction of sp³-hybridized carbons (Fsp3) is 0.222. The van der Waals surface area contributed by atoms with E-state index in [9.17, 15) is 14.4 Å². The van der Waals surface area contributed by atoms with E-state index in [-0.39, 0.29) is 18.7 Å². The number of nitrogens with one attached hydrogen (secondary N) is 3. The van der Waals surface area contributed by atoms with Crippen molar-refractivity contribution < 1.29 is 14.4 Å². The van der Waals surface area contributed by atoms with Crippen LogP contribution < -0.4 is 16.0 Å². The highest BCUT2D eigenvalue weighted by molar-refractivity contribution is 6.44. The maximum atomic E-state index is 12.6. The van der Waals surface area contributed by atoms with Crippen molar-refractivity contribution in [2.24, 2.45) is 17.3 Å². The molecule has 28 heavy (non-hydrogen) atoms. The molecule has 0 aliphatic carbocycles. The second-order valence-electron chi connectivity index (χ2n) is 6.49. The molecule has 3 N–H and O–H groups in total. The number of imide groups is 1. The predicted molar refractivity (Wildman–Crippen MR) is 99.6 cm³/mol. The van der Waals surface area contributed by atoms with Crippen molar-refractivity contribution in [2.75, 3.05) is 6.54 Å². The first-order chi connectivity index (χ1) is 13.5. The average Bonchev–Trinajstić information content (AvgIpc) is 3.40. The first-order valence-corrected chi connectivity index (χ1v) is 8.58. The smallest absolute Gasteiger partial charge is 0.322 e. The van der Waals surface area contributed by atoms with Crippen LogP contribution in [0.2, 0.25) is 0 Å². The summed E-state index contributed by atoms with van der Waals surface area (Å²) in [6.07, 6.45) is 3.44. The van der Waals surface area contributed by atoms with Gasteiger partial charge in [0, 0.05) is 25.9 Å². The van der Waals surface area contributed by atoms with Gasteiger partial charge >= 0.3 is 6.03 Å². The number of urea groups is 1. The van der Waals surface area contributed by atoms with E-state index >= 15 is 0 Å². The van der Waals surface area contributed by atoms with Crippen LogP contribution in [-0.2, 0) is 22.2 Å². The Kier molecular flexibility index (Phi) is 4.22. The van der Waals surface area contributed by atoms with Crippen molar-refractivity contribution in [3.8, 4) is 0 Å². The van der Waals surface area contributed by atoms with Gasteiger partial charge in [-0.05, 0) is 5.56 Å². The summed E-state index contributed by atoms with van der Waals surface area (Å²) in [6, 6.07) is 8.80. The summed E-state index contributed by atoms with van der Waals surface area (Å²) in [6.45, 7) is -0.173. The van der Waals surface area contributed by atoms with Crippen molar-refractivity contribution >= 4 is 29.3 Å². The zero-order chi connectivity index (χ0) is 19.7. The number of carbonyl (C=O) groups excluding carboxylic acids is 3. The molecule has 3 heterocycles. The van der Waals surface area contributed by atoms with E-state index in [4.69, 9.17) is 0 Å². The monoisotopic (exact) mass is 379 g/mol. The average molecular weight is 379 g/mol. The van der Waals surface area contributed by atoms with Gasteiger partial charge in [-0.2, -0.15) is 5.10 Å². The lowest BCUT2D eigenvalue weighted by molar-refractivity contribution is -0.124. The Balaban J connectivity index is 1.47. The van der Waals surface area contributed by atoms with E-state index in [1.165, 1.54) is 6.20 Å². The molecule has 1 saturated heterocycles. The van der Waals surface area contributed by atoms with Gasteiger partial charge in [0.15, 0.2) is 5.54 Å². The Bertz CT molecular complexity index is 1020. The SMILES string of the molecule is Cn1ccnc1C1(CNC(=O)C2=NN=C(c3ccccc3)C2)NC(=O)NC1=O. The number of hydrogen-bond donors (Lipinski definition) is 3. The summed E-state index contributed by atoms with van der Waals surface area (Å²) in [5, 5.41) is 15.5. The number of nitrogens with zero attached hydrogens (tertiary/aromatic N) is 4. The quantitative estimate of drug-likeness (QED) is 0.622. The minimum Gasteiger partial charge on any atom is -0.348 e. The minimum absolute atomic E-state index is 0.173. The largest absolute Gasteiger partial charge is 0.348 e. The van der Waals surface area contributed by atoms with E-state index in [1.54, 1.807) is 17.8 Å². The lowest BCUT2D eigenvalue weighted by Gasteiger charge is -2.25. The molecule has 1 aromatic heterocycles. The van der Waals surface area contributed by atoms with Gasteiger partial charge in [-0.1, -0.05) is 30.3 Å². The molecule has 10 nitrogen and oxygen atoms in total. The number of hydrogen-bond acceptors (Lipinski definition) is 6. The van der Waals surface area contributed by atoms with Crippen LogP contribution in [0.15, 0.2) is 52.9 Å². The van der Waals surface area contributed by atoms with Crippen LogP contribution in [-0.4, -0.2) is 45.4 Å². The fourth-order valence-electron chi connectivity index (χ4n) is 3.21. The molecule has 1 atom stereocenters. The molecule has 0 saturated carbocycles. The van der Waals surface area contributed by atoms with Gasteiger partial charge in [0.25, 0.3) is 11.8 Å². The number of aryl methyl sites for hydroxylation is 1. The molecular formula is C18H17N7O3. The Hall–Kier alpha value is -3.82.